The van der Waals surface area contributed by atoms with Crippen LogP contribution in [-0.2, 0) is 4.79 Å². The van der Waals surface area contributed by atoms with Crippen LogP contribution in [-0.4, -0.2) is 41.0 Å². The summed E-state index contributed by atoms with van der Waals surface area (Å²) >= 11 is 5.84. The van der Waals surface area contributed by atoms with Gasteiger partial charge in [0.05, 0.1) is 17.0 Å². The first-order valence-electron chi connectivity index (χ1n) is 6.65. The van der Waals surface area contributed by atoms with Crippen molar-refractivity contribution in [2.24, 2.45) is 5.92 Å². The van der Waals surface area contributed by atoms with E-state index in [0.717, 1.165) is 12.8 Å². The molecule has 2 heterocycles. The van der Waals surface area contributed by atoms with E-state index in [9.17, 15) is 14.7 Å². The molecule has 2 unspecified atom stereocenters. The Kier molecular flexibility index (Phi) is 3.30. The Morgan fingerprint density at radius 2 is 2.25 bits per heavy atom. The van der Waals surface area contributed by atoms with E-state index >= 15 is 0 Å². The molecule has 2 amide bonds. The number of rotatable bonds is 1. The zero-order valence-corrected chi connectivity index (χ0v) is 11.6. The second-order valence-corrected chi connectivity index (χ2v) is 5.63. The van der Waals surface area contributed by atoms with E-state index in [4.69, 9.17) is 11.6 Å². The lowest BCUT2D eigenvalue weighted by molar-refractivity contribution is -0.123. The van der Waals surface area contributed by atoms with E-state index in [2.05, 4.69) is 5.32 Å². The van der Waals surface area contributed by atoms with Crippen LogP contribution < -0.4 is 5.32 Å². The average molecular weight is 295 g/mol. The molecule has 2 saturated heterocycles. The van der Waals surface area contributed by atoms with Crippen molar-refractivity contribution in [3.05, 3.63) is 28.8 Å². The van der Waals surface area contributed by atoms with Crippen LogP contribution in [0, 0.1) is 5.92 Å². The summed E-state index contributed by atoms with van der Waals surface area (Å²) in [6, 6.07) is 4.36. The van der Waals surface area contributed by atoms with Gasteiger partial charge >= 0.3 is 0 Å². The molecule has 2 aliphatic rings. The van der Waals surface area contributed by atoms with E-state index < -0.39 is 0 Å². The van der Waals surface area contributed by atoms with Gasteiger partial charge < -0.3 is 15.3 Å². The van der Waals surface area contributed by atoms with Crippen molar-refractivity contribution in [1.29, 1.82) is 0 Å². The van der Waals surface area contributed by atoms with E-state index in [-0.39, 0.29) is 34.5 Å². The Balaban J connectivity index is 1.86. The van der Waals surface area contributed by atoms with Crippen LogP contribution in [0.2, 0.25) is 5.02 Å². The van der Waals surface area contributed by atoms with Crippen LogP contribution in [0.5, 0.6) is 5.75 Å². The standard InChI is InChI=1S/C14H15ClN2O3/c15-10-6-8(3-4-12(10)18)14(20)17-5-1-2-9-11(17)7-16-13(9)19/h3-4,6,9,11,18H,1-2,5,7H2,(H,16,19). The molecule has 2 fully saturated rings. The van der Waals surface area contributed by atoms with Crippen molar-refractivity contribution < 1.29 is 14.7 Å². The first-order valence-corrected chi connectivity index (χ1v) is 7.03. The van der Waals surface area contributed by atoms with Gasteiger partial charge in [0.25, 0.3) is 5.91 Å². The Morgan fingerprint density at radius 3 is 3.00 bits per heavy atom. The van der Waals surface area contributed by atoms with Crippen molar-refractivity contribution in [2.45, 2.75) is 18.9 Å². The van der Waals surface area contributed by atoms with Crippen molar-refractivity contribution in [1.82, 2.24) is 10.2 Å². The van der Waals surface area contributed by atoms with Crippen molar-refractivity contribution in [3.8, 4) is 5.75 Å². The molecule has 2 aliphatic heterocycles. The summed E-state index contributed by atoms with van der Waals surface area (Å²) in [4.78, 5) is 26.0. The third kappa shape index (κ3) is 2.12. The Hall–Kier alpha value is -1.75. The highest BCUT2D eigenvalue weighted by atomic mass is 35.5. The Morgan fingerprint density at radius 1 is 1.45 bits per heavy atom. The third-order valence-corrected chi connectivity index (χ3v) is 4.36. The largest absolute Gasteiger partial charge is 0.506 e. The van der Waals surface area contributed by atoms with Gasteiger partial charge in [0.2, 0.25) is 5.91 Å². The van der Waals surface area contributed by atoms with Crippen molar-refractivity contribution in [2.75, 3.05) is 13.1 Å². The van der Waals surface area contributed by atoms with E-state index in [1.807, 2.05) is 0 Å². The minimum Gasteiger partial charge on any atom is -0.506 e. The number of piperidine rings is 1. The van der Waals surface area contributed by atoms with E-state index in [0.29, 0.717) is 18.7 Å². The minimum absolute atomic E-state index is 0.0382. The van der Waals surface area contributed by atoms with E-state index in [1.54, 1.807) is 11.0 Å². The zero-order valence-electron chi connectivity index (χ0n) is 10.8. The molecule has 0 radical (unpaired) electrons. The molecule has 0 spiro atoms. The predicted octanol–water partition coefficient (Wildman–Crippen LogP) is 1.40. The van der Waals surface area contributed by atoms with Gasteiger partial charge in [0, 0.05) is 18.7 Å². The van der Waals surface area contributed by atoms with Crippen molar-refractivity contribution in [3.63, 3.8) is 0 Å². The minimum atomic E-state index is -0.141. The van der Waals surface area contributed by atoms with Crippen LogP contribution in [0.25, 0.3) is 0 Å². The second-order valence-electron chi connectivity index (χ2n) is 5.23. The first-order chi connectivity index (χ1) is 9.58. The van der Waals surface area contributed by atoms with Gasteiger partial charge in [0.15, 0.2) is 0 Å². The van der Waals surface area contributed by atoms with Crippen LogP contribution >= 0.6 is 11.6 Å². The molecular weight excluding hydrogens is 280 g/mol. The lowest BCUT2D eigenvalue weighted by atomic mass is 9.91. The molecule has 106 valence electrons. The first kappa shape index (κ1) is 13.2. The summed E-state index contributed by atoms with van der Waals surface area (Å²) in [5, 5.41) is 12.4. The highest BCUT2D eigenvalue weighted by Crippen LogP contribution is 2.30. The highest BCUT2D eigenvalue weighted by molar-refractivity contribution is 6.32. The van der Waals surface area contributed by atoms with Crippen molar-refractivity contribution >= 4 is 23.4 Å². The molecule has 20 heavy (non-hydrogen) atoms. The lowest BCUT2D eigenvalue weighted by Gasteiger charge is -2.36. The Bertz CT molecular complexity index is 576. The number of aromatic hydroxyl groups is 1. The second kappa shape index (κ2) is 4.98. The maximum atomic E-state index is 12.6. The number of nitrogens with one attached hydrogen (secondary N) is 1. The molecule has 1 aromatic rings. The number of likely N-dealkylation sites (tertiary alicyclic amines) is 1. The maximum Gasteiger partial charge on any atom is 0.254 e. The van der Waals surface area contributed by atoms with Crippen LogP contribution in [0.1, 0.15) is 23.2 Å². The zero-order chi connectivity index (χ0) is 14.3. The number of amides is 2. The lowest BCUT2D eigenvalue weighted by Crippen LogP contribution is -2.48. The molecule has 5 nitrogen and oxygen atoms in total. The number of hydrogen-bond donors (Lipinski definition) is 2. The molecule has 1 aromatic carbocycles. The van der Waals surface area contributed by atoms with Crippen LogP contribution in [0.15, 0.2) is 18.2 Å². The summed E-state index contributed by atoms with van der Waals surface area (Å²) in [7, 11) is 0. The number of halogens is 1. The fourth-order valence-corrected chi connectivity index (χ4v) is 3.19. The molecular formula is C14H15ClN2O3. The third-order valence-electron chi connectivity index (χ3n) is 4.06. The molecule has 2 atom stereocenters. The van der Waals surface area contributed by atoms with E-state index in [1.165, 1.54) is 12.1 Å². The number of fused-ring (bicyclic) bond motifs is 1. The number of carbonyl (C=O) groups excluding carboxylic acids is 2. The number of phenolic OH excluding ortho intramolecular Hbond substituents is 1. The normalized spacial score (nSPS) is 25.2. The van der Waals surface area contributed by atoms with Crippen LogP contribution in [0.3, 0.4) is 0 Å². The molecule has 0 bridgehead atoms. The Labute approximate surface area is 121 Å². The number of hydrogen-bond acceptors (Lipinski definition) is 3. The number of phenols is 1. The quantitative estimate of drug-likeness (QED) is 0.822. The van der Waals surface area contributed by atoms with Gasteiger partial charge in [-0.15, -0.1) is 0 Å². The van der Waals surface area contributed by atoms with Crippen LogP contribution in [0.4, 0.5) is 0 Å². The average Bonchev–Trinajstić information content (AvgIpc) is 2.83. The smallest absolute Gasteiger partial charge is 0.254 e. The van der Waals surface area contributed by atoms with Gasteiger partial charge in [-0.25, -0.2) is 0 Å². The number of carbonyl (C=O) groups is 2. The van der Waals surface area contributed by atoms with Gasteiger partial charge in [-0.05, 0) is 31.0 Å². The summed E-state index contributed by atoms with van der Waals surface area (Å²) in [6.07, 6.45) is 1.66. The summed E-state index contributed by atoms with van der Waals surface area (Å²) in [5.41, 5.74) is 0.438. The predicted molar refractivity (Wildman–Crippen MR) is 73.7 cm³/mol. The molecule has 0 aliphatic carbocycles. The fourth-order valence-electron chi connectivity index (χ4n) is 3.01. The molecule has 2 N–H and O–H groups in total. The SMILES string of the molecule is O=C1NCC2C1CCCN2C(=O)c1ccc(O)c(Cl)c1. The maximum absolute atomic E-state index is 12.6. The topological polar surface area (TPSA) is 69.6 Å². The van der Waals surface area contributed by atoms with Gasteiger partial charge in [-0.3, -0.25) is 9.59 Å². The van der Waals surface area contributed by atoms with Gasteiger partial charge in [-0.1, -0.05) is 11.6 Å². The monoisotopic (exact) mass is 294 g/mol. The molecule has 3 rings (SSSR count). The summed E-state index contributed by atoms with van der Waals surface area (Å²) in [5.74, 6) is -0.243. The molecule has 0 aromatic heterocycles. The molecule has 6 heteroatoms. The number of nitrogens with zero attached hydrogens (tertiary/aromatic N) is 1. The fraction of sp³-hybridized carbons (Fsp3) is 0.429. The highest BCUT2D eigenvalue weighted by Gasteiger charge is 2.42. The number of benzene rings is 1. The molecule has 0 saturated carbocycles. The summed E-state index contributed by atoms with van der Waals surface area (Å²) < 4.78 is 0. The van der Waals surface area contributed by atoms with Gasteiger partial charge in [0.1, 0.15) is 5.75 Å². The van der Waals surface area contributed by atoms with Gasteiger partial charge in [-0.2, -0.15) is 0 Å². The summed E-state index contributed by atoms with van der Waals surface area (Å²) in [6.45, 7) is 1.16.